The fourth-order valence-corrected chi connectivity index (χ4v) is 5.21. The molecule has 1 heterocycles. The van der Waals surface area contributed by atoms with E-state index in [-0.39, 0.29) is 0 Å². The Bertz CT molecular complexity index is 1810. The third kappa shape index (κ3) is 2.98. The van der Waals surface area contributed by atoms with Gasteiger partial charge < -0.3 is 0 Å². The minimum atomic E-state index is 0.999. The SMILES string of the molecule is c1ccc(-c2ccc3ccc(-c4ccc5c6ccccc6c6ccccc6c5c4)cc3c2)nc1. The van der Waals surface area contributed by atoms with E-state index >= 15 is 0 Å². The van der Waals surface area contributed by atoms with Crippen LogP contribution >= 0.6 is 0 Å². The molecule has 0 saturated carbocycles. The second-order valence-corrected chi connectivity index (χ2v) is 8.84. The molecule has 7 rings (SSSR count). The van der Waals surface area contributed by atoms with E-state index in [9.17, 15) is 0 Å². The predicted octanol–water partition coefficient (Wildman–Crippen LogP) is 9.03. The highest BCUT2D eigenvalue weighted by molar-refractivity contribution is 6.25. The Morgan fingerprint density at radius 3 is 1.56 bits per heavy atom. The Hall–Kier alpha value is -4.49. The van der Waals surface area contributed by atoms with Crippen molar-refractivity contribution >= 4 is 43.1 Å². The highest BCUT2D eigenvalue weighted by Gasteiger charge is 2.10. The lowest BCUT2D eigenvalue weighted by molar-refractivity contribution is 1.33. The first-order valence-electron chi connectivity index (χ1n) is 11.6. The number of aromatic nitrogens is 1. The average Bonchev–Trinajstić information content (AvgIpc) is 2.93. The van der Waals surface area contributed by atoms with E-state index < -0.39 is 0 Å². The predicted molar refractivity (Wildman–Crippen MR) is 145 cm³/mol. The maximum Gasteiger partial charge on any atom is 0.0702 e. The molecule has 0 atom stereocenters. The number of hydrogen-bond acceptors (Lipinski definition) is 1. The van der Waals surface area contributed by atoms with Crippen molar-refractivity contribution in [1.82, 2.24) is 4.98 Å². The molecular formula is C33H21N. The molecule has 6 aromatic carbocycles. The van der Waals surface area contributed by atoms with E-state index in [4.69, 9.17) is 0 Å². The van der Waals surface area contributed by atoms with E-state index in [1.54, 1.807) is 0 Å². The van der Waals surface area contributed by atoms with Crippen LogP contribution in [0.25, 0.3) is 65.5 Å². The molecule has 0 saturated heterocycles. The van der Waals surface area contributed by atoms with Crippen LogP contribution < -0.4 is 0 Å². The molecule has 0 fully saturated rings. The molecule has 0 bridgehead atoms. The van der Waals surface area contributed by atoms with Gasteiger partial charge in [0.05, 0.1) is 5.69 Å². The summed E-state index contributed by atoms with van der Waals surface area (Å²) in [6, 6.07) is 43.7. The summed E-state index contributed by atoms with van der Waals surface area (Å²) in [5.41, 5.74) is 4.60. The summed E-state index contributed by atoms with van der Waals surface area (Å²) in [6.45, 7) is 0. The van der Waals surface area contributed by atoms with Crippen molar-refractivity contribution in [3.05, 3.63) is 128 Å². The van der Waals surface area contributed by atoms with Gasteiger partial charge in [-0.3, -0.25) is 4.98 Å². The second kappa shape index (κ2) is 7.54. The van der Waals surface area contributed by atoms with Crippen molar-refractivity contribution in [2.75, 3.05) is 0 Å². The molecule has 158 valence electrons. The number of pyridine rings is 1. The van der Waals surface area contributed by atoms with Gasteiger partial charge in [0, 0.05) is 11.8 Å². The highest BCUT2D eigenvalue weighted by atomic mass is 14.7. The molecule has 0 aliphatic rings. The van der Waals surface area contributed by atoms with Gasteiger partial charge >= 0.3 is 0 Å². The second-order valence-electron chi connectivity index (χ2n) is 8.84. The quantitative estimate of drug-likeness (QED) is 0.249. The highest BCUT2D eigenvalue weighted by Crippen LogP contribution is 2.37. The van der Waals surface area contributed by atoms with Crippen LogP contribution in [0.3, 0.4) is 0 Å². The lowest BCUT2D eigenvalue weighted by Gasteiger charge is -2.12. The molecule has 0 unspecified atom stereocenters. The van der Waals surface area contributed by atoms with Crippen molar-refractivity contribution < 1.29 is 0 Å². The monoisotopic (exact) mass is 431 g/mol. The van der Waals surface area contributed by atoms with Gasteiger partial charge in [-0.2, -0.15) is 0 Å². The molecule has 0 radical (unpaired) electrons. The van der Waals surface area contributed by atoms with Crippen LogP contribution in [-0.2, 0) is 0 Å². The van der Waals surface area contributed by atoms with Gasteiger partial charge in [-0.05, 0) is 84.5 Å². The molecule has 0 spiro atoms. The topological polar surface area (TPSA) is 12.9 Å². The molecule has 0 aliphatic carbocycles. The van der Waals surface area contributed by atoms with Crippen LogP contribution in [0.1, 0.15) is 0 Å². The molecule has 0 amide bonds. The average molecular weight is 432 g/mol. The Morgan fingerprint density at radius 2 is 0.882 bits per heavy atom. The first-order chi connectivity index (χ1) is 16.8. The lowest BCUT2D eigenvalue weighted by atomic mass is 9.91. The summed E-state index contributed by atoms with van der Waals surface area (Å²) in [4.78, 5) is 4.52. The first kappa shape index (κ1) is 19.0. The van der Waals surface area contributed by atoms with Gasteiger partial charge in [0.25, 0.3) is 0 Å². The zero-order chi connectivity index (χ0) is 22.5. The summed E-state index contributed by atoms with van der Waals surface area (Å²) in [5.74, 6) is 0. The minimum absolute atomic E-state index is 0.999. The summed E-state index contributed by atoms with van der Waals surface area (Å²) in [7, 11) is 0. The van der Waals surface area contributed by atoms with Crippen molar-refractivity contribution in [1.29, 1.82) is 0 Å². The molecule has 1 aromatic heterocycles. The van der Waals surface area contributed by atoms with Crippen LogP contribution in [0.5, 0.6) is 0 Å². The largest absolute Gasteiger partial charge is 0.256 e. The van der Waals surface area contributed by atoms with Crippen LogP contribution in [0.2, 0.25) is 0 Å². The van der Waals surface area contributed by atoms with Crippen LogP contribution in [0.15, 0.2) is 128 Å². The molecule has 0 N–H and O–H groups in total. The number of nitrogens with zero attached hydrogens (tertiary/aromatic N) is 1. The van der Waals surface area contributed by atoms with Gasteiger partial charge in [0.15, 0.2) is 0 Å². The number of benzene rings is 6. The van der Waals surface area contributed by atoms with E-state index in [2.05, 4.69) is 114 Å². The molecule has 0 aliphatic heterocycles. The smallest absolute Gasteiger partial charge is 0.0702 e. The molecular weight excluding hydrogens is 410 g/mol. The van der Waals surface area contributed by atoms with Crippen molar-refractivity contribution in [2.45, 2.75) is 0 Å². The summed E-state index contributed by atoms with van der Waals surface area (Å²) in [6.07, 6.45) is 1.85. The van der Waals surface area contributed by atoms with E-state index in [0.717, 1.165) is 11.3 Å². The van der Waals surface area contributed by atoms with Crippen LogP contribution in [0, 0.1) is 0 Å². The Balaban J connectivity index is 1.44. The summed E-state index contributed by atoms with van der Waals surface area (Å²) >= 11 is 0. The van der Waals surface area contributed by atoms with Crippen molar-refractivity contribution in [3.8, 4) is 22.4 Å². The van der Waals surface area contributed by atoms with Crippen LogP contribution in [-0.4, -0.2) is 4.98 Å². The molecule has 1 heteroatoms. The van der Waals surface area contributed by atoms with Gasteiger partial charge in [-0.15, -0.1) is 0 Å². The Morgan fingerprint density at radius 1 is 0.353 bits per heavy atom. The fourth-order valence-electron chi connectivity index (χ4n) is 5.21. The third-order valence-corrected chi connectivity index (χ3v) is 6.88. The Kier molecular flexibility index (Phi) is 4.22. The normalized spacial score (nSPS) is 11.5. The zero-order valence-electron chi connectivity index (χ0n) is 18.6. The Labute approximate surface area is 197 Å². The maximum atomic E-state index is 4.52. The number of hydrogen-bond donors (Lipinski definition) is 0. The first-order valence-corrected chi connectivity index (χ1v) is 11.6. The molecule has 1 nitrogen and oxygen atoms in total. The minimum Gasteiger partial charge on any atom is -0.256 e. The van der Waals surface area contributed by atoms with Gasteiger partial charge in [0.2, 0.25) is 0 Å². The fraction of sp³-hybridized carbons (Fsp3) is 0. The molecule has 7 aromatic rings. The standard InChI is InChI=1S/C33H21N/c1-2-9-29-27(7-1)28-8-3-4-10-30(28)32-21-24(16-17-31(29)32)23-14-12-22-13-15-25(20-26(22)19-23)33-11-5-6-18-34-33/h1-21H. The van der Waals surface area contributed by atoms with Crippen LogP contribution in [0.4, 0.5) is 0 Å². The maximum absolute atomic E-state index is 4.52. The van der Waals surface area contributed by atoms with Crippen molar-refractivity contribution in [2.24, 2.45) is 0 Å². The van der Waals surface area contributed by atoms with Crippen molar-refractivity contribution in [3.63, 3.8) is 0 Å². The van der Waals surface area contributed by atoms with Gasteiger partial charge in [-0.25, -0.2) is 0 Å². The number of fused-ring (bicyclic) bond motifs is 7. The van der Waals surface area contributed by atoms with Gasteiger partial charge in [-0.1, -0.05) is 91.0 Å². The lowest BCUT2D eigenvalue weighted by Crippen LogP contribution is -1.86. The van der Waals surface area contributed by atoms with E-state index in [0.29, 0.717) is 0 Å². The summed E-state index contributed by atoms with van der Waals surface area (Å²) in [5, 5.41) is 10.3. The van der Waals surface area contributed by atoms with E-state index in [1.165, 1.54) is 54.2 Å². The van der Waals surface area contributed by atoms with Gasteiger partial charge in [0.1, 0.15) is 0 Å². The van der Waals surface area contributed by atoms with E-state index in [1.807, 2.05) is 18.3 Å². The third-order valence-electron chi connectivity index (χ3n) is 6.88. The number of rotatable bonds is 2. The summed E-state index contributed by atoms with van der Waals surface area (Å²) < 4.78 is 0. The zero-order valence-corrected chi connectivity index (χ0v) is 18.6. The molecule has 34 heavy (non-hydrogen) atoms.